The Morgan fingerprint density at radius 1 is 0.355 bits per heavy atom. The average molecular weight is 793 g/mol. The molecule has 8 aromatic carbocycles. The quantitative estimate of drug-likeness (QED) is 0.161. The van der Waals surface area contributed by atoms with E-state index in [1.54, 1.807) is 0 Å². The summed E-state index contributed by atoms with van der Waals surface area (Å²) in [7, 11) is 0. The summed E-state index contributed by atoms with van der Waals surface area (Å²) in [5.74, 6) is 0.699. The molecule has 0 spiro atoms. The zero-order chi connectivity index (χ0) is 41.0. The van der Waals surface area contributed by atoms with Gasteiger partial charge in [0.2, 0.25) is 0 Å². The molecule has 62 heavy (non-hydrogen) atoms. The molecule has 292 valence electrons. The van der Waals surface area contributed by atoms with E-state index in [0.29, 0.717) is 5.82 Å². The van der Waals surface area contributed by atoms with Gasteiger partial charge < -0.3 is 9.13 Å². The minimum atomic E-state index is 0.699. The molecule has 4 nitrogen and oxygen atoms in total. The van der Waals surface area contributed by atoms with Gasteiger partial charge in [-0.25, -0.2) is 9.97 Å². The molecule has 0 radical (unpaired) electrons. The van der Waals surface area contributed by atoms with Crippen LogP contribution in [-0.2, 0) is 6.42 Å². The van der Waals surface area contributed by atoms with Gasteiger partial charge in [-0.05, 0) is 113 Å². The van der Waals surface area contributed by atoms with Gasteiger partial charge in [0.15, 0.2) is 5.82 Å². The second-order valence-electron chi connectivity index (χ2n) is 16.1. The van der Waals surface area contributed by atoms with Crippen molar-refractivity contribution < 1.29 is 0 Å². The van der Waals surface area contributed by atoms with E-state index in [4.69, 9.17) is 9.97 Å². The highest BCUT2D eigenvalue weighted by atomic mass is 15.0. The molecule has 1 aliphatic rings. The van der Waals surface area contributed by atoms with E-state index in [9.17, 15) is 0 Å². The van der Waals surface area contributed by atoms with E-state index in [1.807, 2.05) is 24.3 Å². The summed E-state index contributed by atoms with van der Waals surface area (Å²) in [4.78, 5) is 10.4. The van der Waals surface area contributed by atoms with Crippen LogP contribution in [-0.4, -0.2) is 19.1 Å². The molecule has 0 aliphatic heterocycles. The van der Waals surface area contributed by atoms with Gasteiger partial charge in [-0.15, -0.1) is 0 Å². The average Bonchev–Trinajstić information content (AvgIpc) is 3.87. The number of aryl methyl sites for hydroxylation is 1. The highest BCUT2D eigenvalue weighted by molar-refractivity contribution is 6.09. The molecule has 0 atom stereocenters. The Morgan fingerprint density at radius 2 is 0.823 bits per heavy atom. The Morgan fingerprint density at radius 3 is 1.42 bits per heavy atom. The fraction of sp³-hybridized carbons (Fsp3) is 0.0345. The first-order valence-corrected chi connectivity index (χ1v) is 21.4. The second kappa shape index (κ2) is 14.9. The van der Waals surface area contributed by atoms with Crippen molar-refractivity contribution in [3.05, 3.63) is 224 Å². The lowest BCUT2D eigenvalue weighted by molar-refractivity contribution is 0.967. The van der Waals surface area contributed by atoms with Crippen molar-refractivity contribution in [2.24, 2.45) is 0 Å². The van der Waals surface area contributed by atoms with Gasteiger partial charge in [-0.2, -0.15) is 0 Å². The predicted molar refractivity (Wildman–Crippen MR) is 258 cm³/mol. The van der Waals surface area contributed by atoms with Crippen molar-refractivity contribution in [2.75, 3.05) is 0 Å². The number of fused-ring (bicyclic) bond motifs is 6. The summed E-state index contributed by atoms with van der Waals surface area (Å²) >= 11 is 0. The monoisotopic (exact) mass is 792 g/mol. The maximum Gasteiger partial charge on any atom is 0.160 e. The first-order valence-electron chi connectivity index (χ1n) is 21.4. The van der Waals surface area contributed by atoms with Gasteiger partial charge >= 0.3 is 0 Å². The number of rotatable bonds is 7. The number of hydrogen-bond acceptors (Lipinski definition) is 2. The number of hydrogen-bond donors (Lipinski definition) is 0. The number of aromatic nitrogens is 4. The van der Waals surface area contributed by atoms with Crippen LogP contribution in [0.1, 0.15) is 17.7 Å². The van der Waals surface area contributed by atoms with Gasteiger partial charge in [0.05, 0.1) is 27.9 Å². The first kappa shape index (κ1) is 35.8. The zero-order valence-corrected chi connectivity index (χ0v) is 34.0. The SMILES string of the molecule is C1=Cc2c(c3ccccc3n2-c2ccc(-c3cc(-c4ccc(-n5c6ccccc6c6ccccc65)cc4)cc(-c4cc(-c5ccccc5)nc(-c5ccccc5)n4)c3)cc2)CC1. The van der Waals surface area contributed by atoms with Gasteiger partial charge in [-0.3, -0.25) is 0 Å². The molecule has 0 saturated carbocycles. The van der Waals surface area contributed by atoms with Crippen LogP contribution in [0.3, 0.4) is 0 Å². The first-order chi connectivity index (χ1) is 30.7. The molecule has 0 bridgehead atoms. The van der Waals surface area contributed by atoms with Crippen molar-refractivity contribution in [1.29, 1.82) is 0 Å². The maximum absolute atomic E-state index is 5.27. The molecule has 1 aliphatic carbocycles. The van der Waals surface area contributed by atoms with E-state index >= 15 is 0 Å². The Kier molecular flexibility index (Phi) is 8.60. The van der Waals surface area contributed by atoms with Crippen molar-refractivity contribution in [1.82, 2.24) is 19.1 Å². The highest BCUT2D eigenvalue weighted by Gasteiger charge is 2.19. The number of nitrogens with zero attached hydrogens (tertiary/aromatic N) is 4. The largest absolute Gasteiger partial charge is 0.310 e. The summed E-state index contributed by atoms with van der Waals surface area (Å²) in [6, 6.07) is 73.9. The second-order valence-corrected chi connectivity index (χ2v) is 16.1. The summed E-state index contributed by atoms with van der Waals surface area (Å²) in [6.45, 7) is 0. The van der Waals surface area contributed by atoms with E-state index < -0.39 is 0 Å². The summed E-state index contributed by atoms with van der Waals surface area (Å²) in [5, 5.41) is 3.85. The fourth-order valence-electron chi connectivity index (χ4n) is 9.45. The summed E-state index contributed by atoms with van der Waals surface area (Å²) < 4.78 is 4.79. The van der Waals surface area contributed by atoms with E-state index in [0.717, 1.165) is 74.5 Å². The van der Waals surface area contributed by atoms with Crippen LogP contribution < -0.4 is 0 Å². The Hall–Kier alpha value is -8.08. The Balaban J connectivity index is 1.01. The lowest BCUT2D eigenvalue weighted by Crippen LogP contribution is -2.00. The molecule has 3 aromatic heterocycles. The molecular formula is C58H40N4. The van der Waals surface area contributed by atoms with Gasteiger partial charge in [0, 0.05) is 49.9 Å². The molecule has 0 saturated heterocycles. The van der Waals surface area contributed by atoms with Crippen LogP contribution in [0.4, 0.5) is 0 Å². The van der Waals surface area contributed by atoms with Crippen LogP contribution in [0.25, 0.3) is 106 Å². The molecule has 0 fully saturated rings. The standard InChI is InChI=1S/C58H40N4/c1-3-15-41(16-4-1)52-38-53(60-58(59-52)42-17-5-2-6-18-42)45-36-43(39-27-31-46(32-28-39)61-54-23-11-7-19-48(54)49-20-8-12-24-55(49)61)35-44(37-45)40-29-33-47(34-30-40)62-56-25-13-9-21-50(56)51-22-10-14-26-57(51)62/h1-9,11-21,23-38H,10,22H2. The van der Waals surface area contributed by atoms with Crippen LogP contribution in [0.2, 0.25) is 0 Å². The van der Waals surface area contributed by atoms with Gasteiger partial charge in [0.25, 0.3) is 0 Å². The molecular weight excluding hydrogens is 753 g/mol. The Labute approximate surface area is 360 Å². The maximum atomic E-state index is 5.27. The minimum absolute atomic E-state index is 0.699. The van der Waals surface area contributed by atoms with Crippen molar-refractivity contribution in [3.63, 3.8) is 0 Å². The van der Waals surface area contributed by atoms with Crippen molar-refractivity contribution in [2.45, 2.75) is 12.8 Å². The van der Waals surface area contributed by atoms with Crippen LogP contribution in [0.5, 0.6) is 0 Å². The lowest BCUT2D eigenvalue weighted by atomic mass is 9.94. The number of benzene rings is 8. The molecule has 0 amide bonds. The van der Waals surface area contributed by atoms with Crippen LogP contribution in [0, 0.1) is 0 Å². The van der Waals surface area contributed by atoms with Crippen molar-refractivity contribution >= 4 is 38.8 Å². The number of para-hydroxylation sites is 3. The molecule has 0 unspecified atom stereocenters. The molecule has 3 heterocycles. The number of allylic oxidation sites excluding steroid dienone is 1. The molecule has 4 heteroatoms. The predicted octanol–water partition coefficient (Wildman–Crippen LogP) is 14.8. The van der Waals surface area contributed by atoms with E-state index in [1.165, 1.54) is 44.0 Å². The smallest absolute Gasteiger partial charge is 0.160 e. The molecule has 0 N–H and O–H groups in total. The minimum Gasteiger partial charge on any atom is -0.310 e. The fourth-order valence-corrected chi connectivity index (χ4v) is 9.45. The normalized spacial score (nSPS) is 12.3. The topological polar surface area (TPSA) is 35.6 Å². The summed E-state index contributed by atoms with van der Waals surface area (Å²) in [6.07, 6.45) is 6.74. The lowest BCUT2D eigenvalue weighted by Gasteiger charge is -2.15. The van der Waals surface area contributed by atoms with E-state index in [-0.39, 0.29) is 0 Å². The van der Waals surface area contributed by atoms with Crippen molar-refractivity contribution in [3.8, 4) is 67.5 Å². The van der Waals surface area contributed by atoms with Crippen LogP contribution >= 0.6 is 0 Å². The van der Waals surface area contributed by atoms with E-state index in [2.05, 4.69) is 203 Å². The third-order valence-corrected chi connectivity index (χ3v) is 12.4. The van der Waals surface area contributed by atoms with Crippen LogP contribution in [0.15, 0.2) is 212 Å². The Bertz CT molecular complexity index is 3370. The van der Waals surface area contributed by atoms with Gasteiger partial charge in [0.1, 0.15) is 0 Å². The third kappa shape index (κ3) is 6.15. The molecule has 11 aromatic rings. The highest BCUT2D eigenvalue weighted by Crippen LogP contribution is 2.38. The summed E-state index contributed by atoms with van der Waals surface area (Å²) in [5.41, 5.74) is 18.0. The van der Waals surface area contributed by atoms with Gasteiger partial charge in [-0.1, -0.05) is 146 Å². The molecule has 12 rings (SSSR count). The third-order valence-electron chi connectivity index (χ3n) is 12.4. The zero-order valence-electron chi connectivity index (χ0n) is 34.0.